The quantitative estimate of drug-likeness (QED) is 0.607. The maximum atomic E-state index is 12.3. The number of amides is 1. The lowest BCUT2D eigenvalue weighted by molar-refractivity contribution is -0.384. The van der Waals surface area contributed by atoms with Crippen molar-refractivity contribution in [2.75, 3.05) is 44.7 Å². The normalized spacial score (nSPS) is 15.0. The van der Waals surface area contributed by atoms with Crippen LogP contribution in [-0.2, 0) is 11.3 Å². The van der Waals surface area contributed by atoms with Gasteiger partial charge in [0.2, 0.25) is 11.7 Å². The van der Waals surface area contributed by atoms with E-state index in [-0.39, 0.29) is 18.1 Å². The number of piperazine rings is 1. The van der Waals surface area contributed by atoms with Gasteiger partial charge in [-0.3, -0.25) is 14.9 Å². The number of nitrogens with one attached hydrogen (secondary N) is 1. The average molecular weight is 310 g/mol. The van der Waals surface area contributed by atoms with E-state index in [1.165, 1.54) is 0 Å². The van der Waals surface area contributed by atoms with E-state index in [9.17, 15) is 14.9 Å². The summed E-state index contributed by atoms with van der Waals surface area (Å²) >= 11 is 0. The molecule has 9 nitrogen and oxygen atoms in total. The third-order valence-corrected chi connectivity index (χ3v) is 3.76. The Morgan fingerprint density at radius 3 is 2.64 bits per heavy atom. The molecule has 2 heterocycles. The van der Waals surface area contributed by atoms with E-state index >= 15 is 0 Å². The topological polar surface area (TPSA) is 96.5 Å². The van der Waals surface area contributed by atoms with Gasteiger partial charge in [0.15, 0.2) is 0 Å². The van der Waals surface area contributed by atoms with Crippen LogP contribution in [0.25, 0.3) is 0 Å². The standard InChI is InChI=1S/C13H22N6O3/c1-4-18-13(12(19(21)22)10(2)15-18)16(3)9-11(20)17-7-5-14-6-8-17/h14H,4-9H2,1-3H3. The van der Waals surface area contributed by atoms with Gasteiger partial charge in [0, 0.05) is 39.8 Å². The van der Waals surface area contributed by atoms with Crippen molar-refractivity contribution in [3.05, 3.63) is 15.8 Å². The van der Waals surface area contributed by atoms with Crippen LogP contribution in [0, 0.1) is 17.0 Å². The van der Waals surface area contributed by atoms with E-state index in [0.717, 1.165) is 13.1 Å². The number of carbonyl (C=O) groups excluding carboxylic acids is 1. The summed E-state index contributed by atoms with van der Waals surface area (Å²) in [7, 11) is 1.69. The van der Waals surface area contributed by atoms with Crippen LogP contribution in [0.1, 0.15) is 12.6 Å². The van der Waals surface area contributed by atoms with Crippen LogP contribution in [0.15, 0.2) is 0 Å². The minimum atomic E-state index is -0.435. The molecule has 1 saturated heterocycles. The van der Waals surface area contributed by atoms with E-state index in [4.69, 9.17) is 0 Å². The van der Waals surface area contributed by atoms with Crippen molar-refractivity contribution in [2.45, 2.75) is 20.4 Å². The molecule has 0 unspecified atom stereocenters. The predicted molar refractivity (Wildman–Crippen MR) is 82.0 cm³/mol. The number of nitro groups is 1. The molecule has 1 amide bonds. The second-order valence-electron chi connectivity index (χ2n) is 5.32. The molecule has 1 aromatic rings. The Morgan fingerprint density at radius 1 is 1.45 bits per heavy atom. The first-order valence-electron chi connectivity index (χ1n) is 7.37. The first-order valence-corrected chi connectivity index (χ1v) is 7.37. The lowest BCUT2D eigenvalue weighted by atomic mass is 10.3. The van der Waals surface area contributed by atoms with Crippen LogP contribution < -0.4 is 10.2 Å². The highest BCUT2D eigenvalue weighted by atomic mass is 16.6. The highest BCUT2D eigenvalue weighted by Gasteiger charge is 2.29. The number of likely N-dealkylation sites (N-methyl/N-ethyl adjacent to an activating group) is 1. The number of aromatic nitrogens is 2. The number of anilines is 1. The number of aryl methyl sites for hydroxylation is 2. The Balaban J connectivity index is 2.19. The minimum Gasteiger partial charge on any atom is -0.345 e. The molecule has 0 aliphatic carbocycles. The lowest BCUT2D eigenvalue weighted by Crippen LogP contribution is -2.49. The van der Waals surface area contributed by atoms with Crippen LogP contribution in [0.4, 0.5) is 11.5 Å². The summed E-state index contributed by atoms with van der Waals surface area (Å²) in [5.74, 6) is 0.355. The molecule has 9 heteroatoms. The SMILES string of the molecule is CCn1nc(C)c([N+](=O)[O-])c1N(C)CC(=O)N1CCNCC1. The summed E-state index contributed by atoms with van der Waals surface area (Å²) in [5.41, 5.74) is 0.334. The van der Waals surface area contributed by atoms with E-state index in [1.54, 1.807) is 28.5 Å². The summed E-state index contributed by atoms with van der Waals surface area (Å²) < 4.78 is 1.57. The molecular weight excluding hydrogens is 288 g/mol. The highest BCUT2D eigenvalue weighted by molar-refractivity contribution is 5.82. The van der Waals surface area contributed by atoms with Gasteiger partial charge in [-0.25, -0.2) is 4.68 Å². The summed E-state index contributed by atoms with van der Waals surface area (Å²) in [6, 6.07) is 0. The number of nitrogens with zero attached hydrogens (tertiary/aromatic N) is 5. The Bertz CT molecular complexity index is 564. The molecule has 122 valence electrons. The molecule has 0 aromatic carbocycles. The molecule has 0 atom stereocenters. The van der Waals surface area contributed by atoms with Crippen LogP contribution in [-0.4, -0.2) is 65.3 Å². The summed E-state index contributed by atoms with van der Waals surface area (Å²) in [6.45, 7) is 6.98. The van der Waals surface area contributed by atoms with E-state index in [1.807, 2.05) is 6.92 Å². The Hall–Kier alpha value is -2.16. The zero-order chi connectivity index (χ0) is 16.3. The van der Waals surface area contributed by atoms with Crippen molar-refractivity contribution >= 4 is 17.4 Å². The molecule has 1 fully saturated rings. The number of hydrogen-bond donors (Lipinski definition) is 1. The molecule has 1 aromatic heterocycles. The van der Waals surface area contributed by atoms with Crippen LogP contribution in [0.5, 0.6) is 0 Å². The lowest BCUT2D eigenvalue weighted by Gasteiger charge is -2.29. The molecule has 22 heavy (non-hydrogen) atoms. The third-order valence-electron chi connectivity index (χ3n) is 3.76. The summed E-state index contributed by atoms with van der Waals surface area (Å²) in [6.07, 6.45) is 0. The molecule has 1 N–H and O–H groups in total. The van der Waals surface area contributed by atoms with Gasteiger partial charge in [0.05, 0.1) is 11.5 Å². The van der Waals surface area contributed by atoms with Gasteiger partial charge in [-0.05, 0) is 13.8 Å². The van der Waals surface area contributed by atoms with E-state index in [0.29, 0.717) is 31.1 Å². The van der Waals surface area contributed by atoms with Crippen molar-refractivity contribution in [2.24, 2.45) is 0 Å². The third kappa shape index (κ3) is 3.19. The molecule has 0 saturated carbocycles. The monoisotopic (exact) mass is 310 g/mol. The van der Waals surface area contributed by atoms with Crippen molar-refractivity contribution in [3.63, 3.8) is 0 Å². The van der Waals surface area contributed by atoms with E-state index in [2.05, 4.69) is 10.4 Å². The zero-order valence-electron chi connectivity index (χ0n) is 13.2. The number of rotatable bonds is 5. The fraction of sp³-hybridized carbons (Fsp3) is 0.692. The van der Waals surface area contributed by atoms with Crippen molar-refractivity contribution in [1.29, 1.82) is 0 Å². The summed E-state index contributed by atoms with van der Waals surface area (Å²) in [5, 5.41) is 18.7. The predicted octanol–water partition coefficient (Wildman–Crippen LogP) is -0.0124. The van der Waals surface area contributed by atoms with Gasteiger partial charge in [-0.2, -0.15) is 5.10 Å². The molecule has 0 bridgehead atoms. The molecule has 1 aliphatic heterocycles. The molecular formula is C13H22N6O3. The highest BCUT2D eigenvalue weighted by Crippen LogP contribution is 2.30. The number of carbonyl (C=O) groups is 1. The largest absolute Gasteiger partial charge is 0.345 e. The van der Waals surface area contributed by atoms with Crippen molar-refractivity contribution < 1.29 is 9.72 Å². The van der Waals surface area contributed by atoms with Crippen LogP contribution in [0.3, 0.4) is 0 Å². The fourth-order valence-corrected chi connectivity index (χ4v) is 2.66. The molecule has 2 rings (SSSR count). The molecule has 0 spiro atoms. The Kier molecular flexibility index (Phi) is 4.96. The second-order valence-corrected chi connectivity index (χ2v) is 5.32. The van der Waals surface area contributed by atoms with Gasteiger partial charge >= 0.3 is 5.69 Å². The first kappa shape index (κ1) is 16.2. The van der Waals surface area contributed by atoms with Crippen LogP contribution in [0.2, 0.25) is 0 Å². The van der Waals surface area contributed by atoms with Gasteiger partial charge < -0.3 is 15.1 Å². The Morgan fingerprint density at radius 2 is 2.09 bits per heavy atom. The van der Waals surface area contributed by atoms with Gasteiger partial charge in [-0.15, -0.1) is 0 Å². The molecule has 0 radical (unpaired) electrons. The minimum absolute atomic E-state index is 0.0280. The fourth-order valence-electron chi connectivity index (χ4n) is 2.66. The van der Waals surface area contributed by atoms with Crippen molar-refractivity contribution in [1.82, 2.24) is 20.0 Å². The smallest absolute Gasteiger partial charge is 0.333 e. The van der Waals surface area contributed by atoms with Gasteiger partial charge in [0.1, 0.15) is 5.69 Å². The van der Waals surface area contributed by atoms with Gasteiger partial charge in [0.25, 0.3) is 0 Å². The van der Waals surface area contributed by atoms with E-state index < -0.39 is 4.92 Å². The summed E-state index contributed by atoms with van der Waals surface area (Å²) in [4.78, 5) is 26.6. The maximum absolute atomic E-state index is 12.3. The first-order chi connectivity index (χ1) is 10.5. The van der Waals surface area contributed by atoms with Crippen LogP contribution >= 0.6 is 0 Å². The molecule has 1 aliphatic rings. The van der Waals surface area contributed by atoms with Crippen molar-refractivity contribution in [3.8, 4) is 0 Å². The Labute approximate surface area is 129 Å². The second kappa shape index (κ2) is 6.73. The maximum Gasteiger partial charge on any atom is 0.333 e. The average Bonchev–Trinajstić information content (AvgIpc) is 2.84. The van der Waals surface area contributed by atoms with Gasteiger partial charge in [-0.1, -0.05) is 0 Å². The zero-order valence-corrected chi connectivity index (χ0v) is 13.2. The number of hydrogen-bond acceptors (Lipinski definition) is 6.